The summed E-state index contributed by atoms with van der Waals surface area (Å²) in [5.74, 6) is 0.766. The maximum Gasteiger partial charge on any atom is 0.287 e. The number of nitrogens with zero attached hydrogens (tertiary/aromatic N) is 4. The second kappa shape index (κ2) is 9.37. The van der Waals surface area contributed by atoms with Gasteiger partial charge in [-0.3, -0.25) is 9.59 Å². The van der Waals surface area contributed by atoms with Crippen molar-refractivity contribution < 1.29 is 14.0 Å². The van der Waals surface area contributed by atoms with Gasteiger partial charge in [-0.2, -0.15) is 5.10 Å². The molecule has 8 heteroatoms. The Morgan fingerprint density at radius 2 is 1.83 bits per heavy atom. The Balaban J connectivity index is 1.37. The van der Waals surface area contributed by atoms with Crippen LogP contribution in [0.5, 0.6) is 0 Å². The summed E-state index contributed by atoms with van der Waals surface area (Å²) in [5, 5.41) is 8.31. The van der Waals surface area contributed by atoms with Gasteiger partial charge in [0.2, 0.25) is 0 Å². The lowest BCUT2D eigenvalue weighted by Gasteiger charge is -2.32. The summed E-state index contributed by atoms with van der Waals surface area (Å²) < 4.78 is 7.28. The highest BCUT2D eigenvalue weighted by atomic mass is 16.3. The molecule has 1 aliphatic heterocycles. The van der Waals surface area contributed by atoms with E-state index in [-0.39, 0.29) is 23.9 Å². The van der Waals surface area contributed by atoms with Gasteiger partial charge in [0.25, 0.3) is 11.8 Å². The third-order valence-corrected chi connectivity index (χ3v) is 6.44. The topological polar surface area (TPSA) is 93.3 Å². The Morgan fingerprint density at radius 3 is 2.49 bits per heavy atom. The minimum atomic E-state index is -0.215. The Hall–Kier alpha value is -3.94. The van der Waals surface area contributed by atoms with Gasteiger partial charge in [0, 0.05) is 30.7 Å². The normalized spacial score (nSPS) is 14.6. The van der Waals surface area contributed by atoms with E-state index in [4.69, 9.17) is 9.40 Å². The lowest BCUT2D eigenvalue weighted by Crippen LogP contribution is -2.46. The van der Waals surface area contributed by atoms with Gasteiger partial charge < -0.3 is 14.6 Å². The van der Waals surface area contributed by atoms with Crippen molar-refractivity contribution in [2.24, 2.45) is 0 Å². The summed E-state index contributed by atoms with van der Waals surface area (Å²) in [6.45, 7) is 7.03. The van der Waals surface area contributed by atoms with Gasteiger partial charge in [0.15, 0.2) is 11.4 Å². The molecule has 0 atom stereocenters. The molecule has 1 saturated heterocycles. The third-order valence-electron chi connectivity index (χ3n) is 6.44. The quantitative estimate of drug-likeness (QED) is 0.459. The van der Waals surface area contributed by atoms with Crippen molar-refractivity contribution in [2.75, 3.05) is 13.1 Å². The predicted molar refractivity (Wildman–Crippen MR) is 133 cm³/mol. The molecule has 0 unspecified atom stereocenters. The first-order valence-electron chi connectivity index (χ1n) is 12.0. The lowest BCUT2D eigenvalue weighted by molar-refractivity contribution is 0.0697. The van der Waals surface area contributed by atoms with Crippen LogP contribution in [0.3, 0.4) is 0 Å². The number of fused-ring (bicyclic) bond motifs is 1. The summed E-state index contributed by atoms with van der Waals surface area (Å²) >= 11 is 0. The molecular weight excluding hydrogens is 442 g/mol. The molecule has 5 rings (SSSR count). The summed E-state index contributed by atoms with van der Waals surface area (Å²) in [6.07, 6.45) is 3.10. The zero-order chi connectivity index (χ0) is 24.5. The zero-order valence-corrected chi connectivity index (χ0v) is 20.2. The summed E-state index contributed by atoms with van der Waals surface area (Å²) in [5.41, 5.74) is 3.02. The Labute approximate surface area is 203 Å². The van der Waals surface area contributed by atoms with Crippen molar-refractivity contribution in [1.29, 1.82) is 0 Å². The second-order valence-corrected chi connectivity index (χ2v) is 9.29. The molecule has 1 aliphatic rings. The number of aromatic nitrogens is 3. The average molecular weight is 472 g/mol. The fraction of sp³-hybridized carbons (Fsp3) is 0.333. The monoisotopic (exact) mass is 471 g/mol. The Morgan fingerprint density at radius 1 is 1.09 bits per heavy atom. The largest absolute Gasteiger partial charge is 0.456 e. The number of carbonyl (C=O) groups excluding carboxylic acids is 2. The number of aryl methyl sites for hydroxylation is 1. The zero-order valence-electron chi connectivity index (χ0n) is 20.2. The molecule has 1 fully saturated rings. The number of hydrogen-bond donors (Lipinski definition) is 1. The number of hydrogen-bond acceptors (Lipinski definition) is 5. The molecule has 0 aliphatic carbocycles. The molecule has 35 heavy (non-hydrogen) atoms. The van der Waals surface area contributed by atoms with Crippen molar-refractivity contribution in [3.8, 4) is 11.3 Å². The maximum absolute atomic E-state index is 13.7. The Bertz CT molecular complexity index is 1360. The molecule has 0 radical (unpaired) electrons. The highest BCUT2D eigenvalue weighted by molar-refractivity contribution is 6.06. The van der Waals surface area contributed by atoms with Crippen LogP contribution in [-0.4, -0.2) is 50.6 Å². The first kappa shape index (κ1) is 22.8. The molecule has 0 spiro atoms. The standard InChI is InChI=1S/C27H29N5O3/c1-17(2)32-25-22(16-28-32)21(15-23(30-25)19-7-5-4-6-8-19)27(34)31-13-11-20(12-14-31)29-26(33)24-10-9-18(3)35-24/h4-10,15-17,20H,11-14H2,1-3H3,(H,29,33). The molecule has 4 aromatic rings. The first-order valence-corrected chi connectivity index (χ1v) is 12.0. The van der Waals surface area contributed by atoms with E-state index in [0.29, 0.717) is 48.7 Å². The minimum absolute atomic E-state index is 0.00186. The van der Waals surface area contributed by atoms with E-state index < -0.39 is 0 Å². The number of amides is 2. The van der Waals surface area contributed by atoms with Crippen LogP contribution in [0.4, 0.5) is 0 Å². The smallest absolute Gasteiger partial charge is 0.287 e. The van der Waals surface area contributed by atoms with Gasteiger partial charge in [-0.25, -0.2) is 9.67 Å². The first-order chi connectivity index (χ1) is 16.9. The van der Waals surface area contributed by atoms with E-state index in [9.17, 15) is 9.59 Å². The van der Waals surface area contributed by atoms with Crippen molar-refractivity contribution in [3.05, 3.63) is 71.8 Å². The SMILES string of the molecule is Cc1ccc(C(=O)NC2CCN(C(=O)c3cc(-c4ccccc4)nc4c3cnn4C(C)C)CC2)o1. The number of pyridine rings is 1. The van der Waals surface area contributed by atoms with E-state index in [1.807, 2.05) is 66.8 Å². The lowest BCUT2D eigenvalue weighted by atomic mass is 10.0. The molecule has 1 aromatic carbocycles. The van der Waals surface area contributed by atoms with Crippen LogP contribution in [0, 0.1) is 6.92 Å². The highest BCUT2D eigenvalue weighted by Crippen LogP contribution is 2.28. The van der Waals surface area contributed by atoms with E-state index in [0.717, 1.165) is 16.6 Å². The molecule has 0 bridgehead atoms. The minimum Gasteiger partial charge on any atom is -0.456 e. The van der Waals surface area contributed by atoms with Gasteiger partial charge in [0.1, 0.15) is 5.76 Å². The van der Waals surface area contributed by atoms with E-state index in [1.165, 1.54) is 0 Å². The molecule has 2 amide bonds. The van der Waals surface area contributed by atoms with Crippen molar-refractivity contribution >= 4 is 22.8 Å². The molecule has 3 aromatic heterocycles. The maximum atomic E-state index is 13.7. The molecule has 4 heterocycles. The number of furan rings is 1. The summed E-state index contributed by atoms with van der Waals surface area (Å²) in [4.78, 5) is 32.8. The van der Waals surface area contributed by atoms with E-state index in [1.54, 1.807) is 18.3 Å². The van der Waals surface area contributed by atoms with Gasteiger partial charge in [-0.1, -0.05) is 30.3 Å². The number of rotatable bonds is 5. The van der Waals surface area contributed by atoms with Crippen LogP contribution in [-0.2, 0) is 0 Å². The third kappa shape index (κ3) is 4.56. The fourth-order valence-electron chi connectivity index (χ4n) is 4.54. The van der Waals surface area contributed by atoms with Crippen LogP contribution in [0.15, 0.2) is 59.1 Å². The van der Waals surface area contributed by atoms with Gasteiger partial charge in [-0.15, -0.1) is 0 Å². The van der Waals surface area contributed by atoms with Crippen LogP contribution in [0.1, 0.15) is 59.4 Å². The number of likely N-dealkylation sites (tertiary alicyclic amines) is 1. The predicted octanol–water partition coefficient (Wildman–Crippen LogP) is 4.62. The van der Waals surface area contributed by atoms with E-state index >= 15 is 0 Å². The highest BCUT2D eigenvalue weighted by Gasteiger charge is 2.28. The van der Waals surface area contributed by atoms with Crippen LogP contribution in [0.25, 0.3) is 22.3 Å². The summed E-state index contributed by atoms with van der Waals surface area (Å²) in [7, 11) is 0. The molecule has 180 valence electrons. The fourth-order valence-corrected chi connectivity index (χ4v) is 4.54. The number of piperidine rings is 1. The Kier molecular flexibility index (Phi) is 6.11. The van der Waals surface area contributed by atoms with Gasteiger partial charge >= 0.3 is 0 Å². The van der Waals surface area contributed by atoms with Crippen molar-refractivity contribution in [3.63, 3.8) is 0 Å². The molecular formula is C27H29N5O3. The van der Waals surface area contributed by atoms with Crippen molar-refractivity contribution in [2.45, 2.75) is 45.7 Å². The van der Waals surface area contributed by atoms with Crippen molar-refractivity contribution in [1.82, 2.24) is 25.0 Å². The number of nitrogens with one attached hydrogen (secondary N) is 1. The molecule has 8 nitrogen and oxygen atoms in total. The van der Waals surface area contributed by atoms with Gasteiger partial charge in [-0.05, 0) is 51.8 Å². The second-order valence-electron chi connectivity index (χ2n) is 9.29. The molecule has 1 N–H and O–H groups in total. The van der Waals surface area contributed by atoms with Gasteiger partial charge in [0.05, 0.1) is 22.8 Å². The number of carbonyl (C=O) groups is 2. The summed E-state index contributed by atoms with van der Waals surface area (Å²) in [6, 6.07) is 15.3. The number of benzene rings is 1. The van der Waals surface area contributed by atoms with Crippen LogP contribution < -0.4 is 5.32 Å². The molecule has 0 saturated carbocycles. The van der Waals surface area contributed by atoms with Crippen LogP contribution in [0.2, 0.25) is 0 Å². The van der Waals surface area contributed by atoms with E-state index in [2.05, 4.69) is 10.4 Å². The van der Waals surface area contributed by atoms with Crippen LogP contribution >= 0.6 is 0 Å². The average Bonchev–Trinajstić information content (AvgIpc) is 3.50.